The molecule has 1 saturated heterocycles. The highest BCUT2D eigenvalue weighted by atomic mass is 19.1. The second-order valence-electron chi connectivity index (χ2n) is 5.15. The Morgan fingerprint density at radius 2 is 2.30 bits per heavy atom. The van der Waals surface area contributed by atoms with Gasteiger partial charge in [-0.05, 0) is 17.2 Å². The van der Waals surface area contributed by atoms with Crippen LogP contribution in [0.5, 0.6) is 5.75 Å². The van der Waals surface area contributed by atoms with E-state index in [9.17, 15) is 14.0 Å². The first-order valence-electron chi connectivity index (χ1n) is 6.49. The smallest absolute Gasteiger partial charge is 0.323 e. The average molecular weight is 279 g/mol. The number of hydrogen-bond acceptors (Lipinski definition) is 3. The van der Waals surface area contributed by atoms with E-state index in [1.54, 1.807) is 6.07 Å². The van der Waals surface area contributed by atoms with Crippen LogP contribution < -0.4 is 4.74 Å². The fraction of sp³-hybridized carbons (Fsp3) is 0.429. The monoisotopic (exact) mass is 279 g/mol. The highest BCUT2D eigenvalue weighted by Crippen LogP contribution is 2.35. The van der Waals surface area contributed by atoms with Crippen molar-refractivity contribution in [1.29, 1.82) is 0 Å². The van der Waals surface area contributed by atoms with Gasteiger partial charge in [0.05, 0.1) is 6.61 Å². The molecule has 0 radical (unpaired) electrons. The predicted octanol–water partition coefficient (Wildman–Crippen LogP) is 1.16. The summed E-state index contributed by atoms with van der Waals surface area (Å²) in [7, 11) is 0. The number of benzene rings is 1. The molecule has 0 aromatic heterocycles. The summed E-state index contributed by atoms with van der Waals surface area (Å²) in [5, 5.41) is 8.75. The summed E-state index contributed by atoms with van der Waals surface area (Å²) in [4.78, 5) is 23.7. The maximum absolute atomic E-state index is 14.1. The van der Waals surface area contributed by atoms with Crippen LogP contribution in [0, 0.1) is 5.82 Å². The lowest BCUT2D eigenvalue weighted by molar-refractivity contribution is -0.142. The third-order valence-electron chi connectivity index (χ3n) is 3.79. The summed E-state index contributed by atoms with van der Waals surface area (Å²) in [5.41, 5.74) is 1.43. The topological polar surface area (TPSA) is 66.8 Å². The van der Waals surface area contributed by atoms with Crippen LogP contribution >= 0.6 is 0 Å². The van der Waals surface area contributed by atoms with Gasteiger partial charge in [-0.3, -0.25) is 9.59 Å². The van der Waals surface area contributed by atoms with E-state index in [0.29, 0.717) is 17.9 Å². The van der Waals surface area contributed by atoms with Gasteiger partial charge in [0.1, 0.15) is 18.1 Å². The van der Waals surface area contributed by atoms with Crippen LogP contribution in [0.15, 0.2) is 12.1 Å². The quantitative estimate of drug-likeness (QED) is 0.901. The predicted molar refractivity (Wildman–Crippen MR) is 67.2 cm³/mol. The number of aliphatic carboxylic acids is 1. The zero-order chi connectivity index (χ0) is 14.3. The lowest BCUT2D eigenvalue weighted by Crippen LogP contribution is -2.30. The molecule has 1 aromatic rings. The van der Waals surface area contributed by atoms with Gasteiger partial charge in [0.15, 0.2) is 0 Å². The van der Waals surface area contributed by atoms with Crippen LogP contribution in [-0.4, -0.2) is 41.6 Å². The second kappa shape index (κ2) is 4.77. The van der Waals surface area contributed by atoms with Gasteiger partial charge >= 0.3 is 5.97 Å². The van der Waals surface area contributed by atoms with Crippen molar-refractivity contribution in [1.82, 2.24) is 4.90 Å². The van der Waals surface area contributed by atoms with Crippen molar-refractivity contribution in [2.75, 3.05) is 19.7 Å². The molecule has 2 heterocycles. The molecule has 1 amide bonds. The van der Waals surface area contributed by atoms with Crippen molar-refractivity contribution < 1.29 is 23.8 Å². The molecule has 20 heavy (non-hydrogen) atoms. The Hall–Kier alpha value is -2.11. The molecule has 0 saturated carbocycles. The number of carbonyl (C=O) groups excluding carboxylic acids is 1. The fourth-order valence-corrected chi connectivity index (χ4v) is 2.83. The Kier molecular flexibility index (Phi) is 3.08. The number of likely N-dealkylation sites (tertiary alicyclic amines) is 1. The Balaban J connectivity index is 1.84. The molecular formula is C14H14FNO4. The Labute approximate surface area is 114 Å². The number of carbonyl (C=O) groups is 2. The van der Waals surface area contributed by atoms with Crippen LogP contribution in [0.2, 0.25) is 0 Å². The van der Waals surface area contributed by atoms with Crippen LogP contribution in [0.25, 0.3) is 0 Å². The first-order chi connectivity index (χ1) is 9.54. The van der Waals surface area contributed by atoms with Crippen LogP contribution in [0.4, 0.5) is 4.39 Å². The van der Waals surface area contributed by atoms with Gasteiger partial charge in [-0.15, -0.1) is 0 Å². The van der Waals surface area contributed by atoms with E-state index in [1.165, 1.54) is 11.0 Å². The molecule has 1 atom stereocenters. The summed E-state index contributed by atoms with van der Waals surface area (Å²) >= 11 is 0. The molecule has 1 N–H and O–H groups in total. The molecule has 5 nitrogen and oxygen atoms in total. The summed E-state index contributed by atoms with van der Waals surface area (Å²) in [5.74, 6) is -1.40. The molecule has 2 aliphatic rings. The van der Waals surface area contributed by atoms with Gasteiger partial charge in [-0.2, -0.15) is 0 Å². The van der Waals surface area contributed by atoms with Crippen molar-refractivity contribution in [2.24, 2.45) is 0 Å². The molecule has 106 valence electrons. The van der Waals surface area contributed by atoms with Crippen molar-refractivity contribution in [3.05, 3.63) is 29.1 Å². The number of fused-ring (bicyclic) bond motifs is 1. The van der Waals surface area contributed by atoms with E-state index in [4.69, 9.17) is 9.84 Å². The summed E-state index contributed by atoms with van der Waals surface area (Å²) in [6, 6.07) is 3.11. The summed E-state index contributed by atoms with van der Waals surface area (Å²) in [6.45, 7) is 0.472. The number of amides is 1. The standard InChI is InChI=1S/C14H14FNO4/c15-11-5-12-8(1-2-20-12)3-10(11)9-4-13(17)16(6-9)7-14(18)19/h3,5,9H,1-2,4,6-7H2,(H,18,19). The Morgan fingerprint density at radius 1 is 1.50 bits per heavy atom. The normalized spacial score (nSPS) is 20.9. The van der Waals surface area contributed by atoms with Crippen molar-refractivity contribution in [2.45, 2.75) is 18.8 Å². The van der Waals surface area contributed by atoms with Gasteiger partial charge in [0.25, 0.3) is 0 Å². The molecule has 0 aliphatic carbocycles. The van der Waals surface area contributed by atoms with Crippen LogP contribution in [0.3, 0.4) is 0 Å². The number of rotatable bonds is 3. The SMILES string of the molecule is O=C(O)CN1CC(c2cc3c(cc2F)OCC3)CC1=O. The third-order valence-corrected chi connectivity index (χ3v) is 3.79. The minimum absolute atomic E-state index is 0.157. The molecule has 3 rings (SSSR count). The Bertz CT molecular complexity index is 587. The Morgan fingerprint density at radius 3 is 3.05 bits per heavy atom. The average Bonchev–Trinajstić information content (AvgIpc) is 2.94. The molecule has 0 spiro atoms. The molecule has 1 aromatic carbocycles. The highest BCUT2D eigenvalue weighted by Gasteiger charge is 2.34. The van der Waals surface area contributed by atoms with Gasteiger partial charge in [-0.1, -0.05) is 0 Å². The van der Waals surface area contributed by atoms with Gasteiger partial charge in [-0.25, -0.2) is 4.39 Å². The largest absolute Gasteiger partial charge is 0.493 e. The number of ether oxygens (including phenoxy) is 1. The molecule has 1 fully saturated rings. The second-order valence-corrected chi connectivity index (χ2v) is 5.15. The molecule has 1 unspecified atom stereocenters. The third kappa shape index (κ3) is 2.21. The highest BCUT2D eigenvalue weighted by molar-refractivity contribution is 5.84. The van der Waals surface area contributed by atoms with Crippen LogP contribution in [-0.2, 0) is 16.0 Å². The van der Waals surface area contributed by atoms with E-state index in [0.717, 1.165) is 12.0 Å². The molecule has 6 heteroatoms. The van der Waals surface area contributed by atoms with E-state index < -0.39 is 5.97 Å². The maximum Gasteiger partial charge on any atom is 0.323 e. The summed E-state index contributed by atoms with van der Waals surface area (Å²) in [6.07, 6.45) is 0.895. The zero-order valence-electron chi connectivity index (χ0n) is 10.8. The number of carboxylic acids is 1. The first-order valence-corrected chi connectivity index (χ1v) is 6.49. The van der Waals surface area contributed by atoms with E-state index in [2.05, 4.69) is 0 Å². The van der Waals surface area contributed by atoms with Gasteiger partial charge in [0.2, 0.25) is 5.91 Å². The van der Waals surface area contributed by atoms with E-state index in [1.807, 2.05) is 0 Å². The maximum atomic E-state index is 14.1. The number of nitrogens with zero attached hydrogens (tertiary/aromatic N) is 1. The first kappa shape index (κ1) is 12.9. The lowest BCUT2D eigenvalue weighted by atomic mass is 9.95. The zero-order valence-corrected chi connectivity index (χ0v) is 10.8. The number of halogens is 1. The summed E-state index contributed by atoms with van der Waals surface area (Å²) < 4.78 is 19.4. The number of hydrogen-bond donors (Lipinski definition) is 1. The van der Waals surface area contributed by atoms with E-state index >= 15 is 0 Å². The minimum Gasteiger partial charge on any atom is -0.493 e. The van der Waals surface area contributed by atoms with Gasteiger partial charge < -0.3 is 14.7 Å². The molecule has 0 bridgehead atoms. The van der Waals surface area contributed by atoms with Gasteiger partial charge in [0, 0.05) is 31.4 Å². The fourth-order valence-electron chi connectivity index (χ4n) is 2.83. The van der Waals surface area contributed by atoms with Crippen molar-refractivity contribution in [3.8, 4) is 5.75 Å². The van der Waals surface area contributed by atoms with Crippen LogP contribution in [0.1, 0.15) is 23.5 Å². The lowest BCUT2D eigenvalue weighted by Gasteiger charge is -2.15. The number of carboxylic acid groups (broad SMARTS) is 1. The van der Waals surface area contributed by atoms with Crippen molar-refractivity contribution >= 4 is 11.9 Å². The minimum atomic E-state index is -1.05. The molecule has 2 aliphatic heterocycles. The van der Waals surface area contributed by atoms with E-state index in [-0.39, 0.29) is 37.2 Å². The molecular weight excluding hydrogens is 265 g/mol. The van der Waals surface area contributed by atoms with Crippen molar-refractivity contribution in [3.63, 3.8) is 0 Å².